The van der Waals surface area contributed by atoms with Crippen molar-refractivity contribution in [2.45, 2.75) is 58.3 Å². The molecular weight excluding hydrogens is 581 g/mol. The topological polar surface area (TPSA) is 128 Å². The molecule has 2 aromatic rings. The van der Waals surface area contributed by atoms with E-state index in [0.717, 1.165) is 51.7 Å². The summed E-state index contributed by atoms with van der Waals surface area (Å²) < 4.78 is 23.8. The molecule has 1 saturated heterocycles. The number of allylic oxidation sites excluding steroid dienone is 1. The van der Waals surface area contributed by atoms with Crippen LogP contribution in [0, 0.1) is 27.8 Å². The normalized spacial score (nSPS) is 19.2. The number of likely N-dealkylation sites (tertiary alicyclic amines) is 1. The van der Waals surface area contributed by atoms with E-state index in [2.05, 4.69) is 9.89 Å². The van der Waals surface area contributed by atoms with Crippen molar-refractivity contribution in [2.75, 3.05) is 33.4 Å². The van der Waals surface area contributed by atoms with Crippen molar-refractivity contribution in [2.24, 2.45) is 16.8 Å². The van der Waals surface area contributed by atoms with E-state index in [1.54, 1.807) is 32.0 Å². The maximum absolute atomic E-state index is 13.4. The number of carbonyl (C=O) groups excluding carboxylic acids is 3. The molecule has 240 valence electrons. The molecular formula is C34H40FN3O7. The van der Waals surface area contributed by atoms with E-state index in [9.17, 15) is 28.9 Å². The standard InChI is InChI=1S/C34H40FN3O7/c1-22-29(33(40)44-3)31(26-9-8-10-28(21-26)38(42)43)30(23(2)36-22)34(41)45-20-7-5-4-6-17-37-18-15-25(16-19-37)32(39)24-11-13-27(35)14-12-24/h8-14,21,25,29,31H,4-7,15-20H2,1-3H3. The van der Waals surface area contributed by atoms with Gasteiger partial charge in [0.2, 0.25) is 0 Å². The Morgan fingerprint density at radius 1 is 1.02 bits per heavy atom. The van der Waals surface area contributed by atoms with Gasteiger partial charge in [-0.3, -0.25) is 24.7 Å². The summed E-state index contributed by atoms with van der Waals surface area (Å²) in [6, 6.07) is 11.7. The number of ether oxygens (including phenoxy) is 2. The number of nitro groups is 1. The smallest absolute Gasteiger partial charge is 0.336 e. The molecule has 10 nitrogen and oxygen atoms in total. The number of methoxy groups -OCH3 is 1. The second kappa shape index (κ2) is 15.7. The van der Waals surface area contributed by atoms with Gasteiger partial charge in [0, 0.05) is 40.9 Å². The summed E-state index contributed by atoms with van der Waals surface area (Å²) >= 11 is 0. The molecule has 2 aromatic carbocycles. The van der Waals surface area contributed by atoms with E-state index in [-0.39, 0.29) is 35.4 Å². The van der Waals surface area contributed by atoms with E-state index < -0.39 is 28.7 Å². The molecule has 0 radical (unpaired) electrons. The van der Waals surface area contributed by atoms with Crippen LogP contribution in [0.5, 0.6) is 0 Å². The zero-order chi connectivity index (χ0) is 32.5. The predicted molar refractivity (Wildman–Crippen MR) is 166 cm³/mol. The van der Waals surface area contributed by atoms with Gasteiger partial charge in [0.05, 0.1) is 24.2 Å². The Morgan fingerprint density at radius 3 is 2.38 bits per heavy atom. The third-order valence-corrected chi connectivity index (χ3v) is 8.63. The number of carbonyl (C=O) groups is 3. The highest BCUT2D eigenvalue weighted by Gasteiger charge is 2.42. The van der Waals surface area contributed by atoms with Gasteiger partial charge < -0.3 is 14.4 Å². The summed E-state index contributed by atoms with van der Waals surface area (Å²) in [5.74, 6) is -3.24. The van der Waals surface area contributed by atoms with E-state index in [0.29, 0.717) is 29.0 Å². The number of hydrogen-bond donors (Lipinski definition) is 0. The molecule has 0 amide bonds. The van der Waals surface area contributed by atoms with Crippen molar-refractivity contribution < 1.29 is 33.2 Å². The lowest BCUT2D eigenvalue weighted by atomic mass is 9.75. The Labute approximate surface area is 262 Å². The fourth-order valence-corrected chi connectivity index (χ4v) is 6.23. The van der Waals surface area contributed by atoms with Crippen molar-refractivity contribution in [3.8, 4) is 0 Å². The van der Waals surface area contributed by atoms with Crippen LogP contribution in [0.4, 0.5) is 10.1 Å². The number of aliphatic imine (C=N–C) groups is 1. The van der Waals surface area contributed by atoms with Gasteiger partial charge in [-0.1, -0.05) is 25.0 Å². The van der Waals surface area contributed by atoms with Crippen LogP contribution in [0.1, 0.15) is 74.2 Å². The Morgan fingerprint density at radius 2 is 1.71 bits per heavy atom. The van der Waals surface area contributed by atoms with Crippen molar-refractivity contribution in [1.29, 1.82) is 0 Å². The molecule has 2 aliphatic heterocycles. The largest absolute Gasteiger partial charge is 0.468 e. The zero-order valence-corrected chi connectivity index (χ0v) is 26.0. The predicted octanol–water partition coefficient (Wildman–Crippen LogP) is 6.05. The molecule has 0 spiro atoms. The summed E-state index contributed by atoms with van der Waals surface area (Å²) in [5.41, 5.74) is 1.90. The maximum atomic E-state index is 13.4. The fourth-order valence-electron chi connectivity index (χ4n) is 6.23. The van der Waals surface area contributed by atoms with Crippen molar-refractivity contribution >= 4 is 29.1 Å². The van der Waals surface area contributed by atoms with Crippen LogP contribution in [-0.2, 0) is 19.1 Å². The van der Waals surface area contributed by atoms with E-state index in [1.807, 2.05) is 0 Å². The number of Topliss-reactive ketones (excluding diaryl/α,β-unsaturated/α-hetero) is 1. The number of unbranched alkanes of at least 4 members (excludes halogenated alkanes) is 3. The number of esters is 2. The highest BCUT2D eigenvalue weighted by Crippen LogP contribution is 2.41. The Kier molecular flexibility index (Phi) is 11.7. The van der Waals surface area contributed by atoms with E-state index in [1.165, 1.54) is 37.4 Å². The first-order valence-electron chi connectivity index (χ1n) is 15.4. The lowest BCUT2D eigenvalue weighted by Gasteiger charge is -2.31. The number of nitro benzene ring substituents is 1. The van der Waals surface area contributed by atoms with Crippen LogP contribution in [0.15, 0.2) is 64.8 Å². The van der Waals surface area contributed by atoms with Gasteiger partial charge >= 0.3 is 11.9 Å². The van der Waals surface area contributed by atoms with Gasteiger partial charge in [0.25, 0.3) is 5.69 Å². The molecule has 0 aliphatic carbocycles. The molecule has 11 heteroatoms. The molecule has 0 aromatic heterocycles. The van der Waals surface area contributed by atoms with Crippen LogP contribution in [0.2, 0.25) is 0 Å². The average Bonchev–Trinajstić information content (AvgIpc) is 3.03. The minimum absolute atomic E-state index is 0.0292. The molecule has 2 atom stereocenters. The molecule has 2 unspecified atom stereocenters. The lowest BCUT2D eigenvalue weighted by Crippen LogP contribution is -2.36. The number of rotatable bonds is 13. The van der Waals surface area contributed by atoms with Gasteiger partial charge in [0.15, 0.2) is 5.78 Å². The minimum atomic E-state index is -0.922. The van der Waals surface area contributed by atoms with Gasteiger partial charge in [-0.2, -0.15) is 0 Å². The molecule has 1 fully saturated rings. The Bertz CT molecular complexity index is 1460. The molecule has 2 heterocycles. The van der Waals surface area contributed by atoms with Crippen molar-refractivity contribution in [3.63, 3.8) is 0 Å². The van der Waals surface area contributed by atoms with Crippen molar-refractivity contribution in [3.05, 3.63) is 86.9 Å². The first-order valence-corrected chi connectivity index (χ1v) is 15.4. The first kappa shape index (κ1) is 33.6. The number of piperidine rings is 1. The molecule has 0 saturated carbocycles. The number of nitrogens with zero attached hydrogens (tertiary/aromatic N) is 3. The quantitative estimate of drug-likeness (QED) is 0.0869. The monoisotopic (exact) mass is 621 g/mol. The molecule has 0 bridgehead atoms. The third-order valence-electron chi connectivity index (χ3n) is 8.63. The minimum Gasteiger partial charge on any atom is -0.468 e. The van der Waals surface area contributed by atoms with Gasteiger partial charge in [-0.05, 0) is 89.0 Å². The van der Waals surface area contributed by atoms with Crippen LogP contribution in [-0.4, -0.2) is 66.6 Å². The van der Waals surface area contributed by atoms with Gasteiger partial charge in [-0.15, -0.1) is 0 Å². The average molecular weight is 622 g/mol. The molecule has 4 rings (SSSR count). The maximum Gasteiger partial charge on any atom is 0.336 e. The third kappa shape index (κ3) is 8.48. The first-order chi connectivity index (χ1) is 21.6. The van der Waals surface area contributed by atoms with E-state index in [4.69, 9.17) is 9.47 Å². The summed E-state index contributed by atoms with van der Waals surface area (Å²) in [7, 11) is 1.25. The van der Waals surface area contributed by atoms with Crippen LogP contribution >= 0.6 is 0 Å². The number of hydrogen-bond acceptors (Lipinski definition) is 9. The van der Waals surface area contributed by atoms with Crippen LogP contribution in [0.3, 0.4) is 0 Å². The Hall–Kier alpha value is -4.25. The molecule has 2 aliphatic rings. The highest BCUT2D eigenvalue weighted by molar-refractivity contribution is 6.07. The van der Waals surface area contributed by atoms with Crippen LogP contribution < -0.4 is 0 Å². The Balaban J connectivity index is 1.24. The number of ketones is 1. The van der Waals surface area contributed by atoms with Crippen LogP contribution in [0.25, 0.3) is 0 Å². The molecule has 45 heavy (non-hydrogen) atoms. The zero-order valence-electron chi connectivity index (χ0n) is 26.0. The SMILES string of the molecule is COC(=O)C1C(C)=NC(C)=C(C(=O)OCCCCCCN2CCC(C(=O)c3ccc(F)cc3)CC2)C1c1cccc([N+](=O)[O-])c1. The number of halogens is 1. The van der Waals surface area contributed by atoms with Gasteiger partial charge in [-0.25, -0.2) is 9.18 Å². The lowest BCUT2D eigenvalue weighted by molar-refractivity contribution is -0.384. The summed E-state index contributed by atoms with van der Waals surface area (Å²) in [6.45, 7) is 6.17. The summed E-state index contributed by atoms with van der Waals surface area (Å²) in [6.07, 6.45) is 5.05. The summed E-state index contributed by atoms with van der Waals surface area (Å²) in [5, 5.41) is 11.4. The second-order valence-corrected chi connectivity index (χ2v) is 11.6. The second-order valence-electron chi connectivity index (χ2n) is 11.6. The highest BCUT2D eigenvalue weighted by atomic mass is 19.1. The fraction of sp³-hybridized carbons (Fsp3) is 0.471. The number of benzene rings is 2. The summed E-state index contributed by atoms with van der Waals surface area (Å²) in [4.78, 5) is 56.6. The van der Waals surface area contributed by atoms with Crippen molar-refractivity contribution in [1.82, 2.24) is 4.90 Å². The number of non-ortho nitro benzene ring substituents is 1. The molecule has 0 N–H and O–H groups in total. The van der Waals surface area contributed by atoms with E-state index >= 15 is 0 Å². The van der Waals surface area contributed by atoms with Gasteiger partial charge in [0.1, 0.15) is 11.7 Å².